The Bertz CT molecular complexity index is 1050. The van der Waals surface area contributed by atoms with E-state index in [0.717, 1.165) is 36.1 Å². The van der Waals surface area contributed by atoms with Gasteiger partial charge >= 0.3 is 0 Å². The fourth-order valence-corrected chi connectivity index (χ4v) is 4.72. The lowest BCUT2D eigenvalue weighted by Gasteiger charge is -2.31. The van der Waals surface area contributed by atoms with Crippen molar-refractivity contribution in [2.45, 2.75) is 37.4 Å². The summed E-state index contributed by atoms with van der Waals surface area (Å²) >= 11 is 6.85. The standard InChI is InChI=1S/C20H24N6OS2/c1-3-25-17(22-23-19(25)28)14-9-11-24(12-10-14)18(27)16-13-21-20(29-2)26(16)15-7-5-4-6-8-15/h4-8,13-14H,3,9-12H2,1-2H3,(H,23,28). The van der Waals surface area contributed by atoms with Crippen LogP contribution in [-0.2, 0) is 6.54 Å². The lowest BCUT2D eigenvalue weighted by atomic mass is 9.95. The van der Waals surface area contributed by atoms with Crippen LogP contribution in [0.3, 0.4) is 0 Å². The van der Waals surface area contributed by atoms with Crippen LogP contribution < -0.4 is 0 Å². The molecule has 0 radical (unpaired) electrons. The van der Waals surface area contributed by atoms with Crippen molar-refractivity contribution in [2.24, 2.45) is 0 Å². The smallest absolute Gasteiger partial charge is 0.272 e. The number of carbonyl (C=O) groups is 1. The minimum absolute atomic E-state index is 0.0226. The minimum atomic E-state index is 0.0226. The summed E-state index contributed by atoms with van der Waals surface area (Å²) in [7, 11) is 0. The number of carbonyl (C=O) groups excluding carboxylic acids is 1. The Labute approximate surface area is 179 Å². The first-order valence-corrected chi connectivity index (χ1v) is 11.4. The molecule has 1 aliphatic rings. The van der Waals surface area contributed by atoms with Gasteiger partial charge in [-0.25, -0.2) is 4.98 Å². The van der Waals surface area contributed by atoms with Crippen LogP contribution in [0.15, 0.2) is 41.7 Å². The molecule has 152 valence electrons. The quantitative estimate of drug-likeness (QED) is 0.493. The number of rotatable bonds is 5. The maximum absolute atomic E-state index is 13.3. The van der Waals surface area contributed by atoms with Gasteiger partial charge in [0, 0.05) is 31.2 Å². The van der Waals surface area contributed by atoms with E-state index in [-0.39, 0.29) is 5.91 Å². The van der Waals surface area contributed by atoms with Crippen LogP contribution in [0.5, 0.6) is 0 Å². The van der Waals surface area contributed by atoms with Gasteiger partial charge < -0.3 is 9.47 Å². The number of nitrogens with zero attached hydrogens (tertiary/aromatic N) is 5. The molecule has 0 bridgehead atoms. The third-order valence-electron chi connectivity index (χ3n) is 5.40. The molecule has 7 nitrogen and oxygen atoms in total. The van der Waals surface area contributed by atoms with E-state index in [4.69, 9.17) is 12.2 Å². The van der Waals surface area contributed by atoms with Crippen molar-refractivity contribution in [3.8, 4) is 5.69 Å². The van der Waals surface area contributed by atoms with Crippen LogP contribution in [0.2, 0.25) is 0 Å². The van der Waals surface area contributed by atoms with Crippen molar-refractivity contribution >= 4 is 29.9 Å². The Morgan fingerprint density at radius 3 is 2.66 bits per heavy atom. The summed E-state index contributed by atoms with van der Waals surface area (Å²) in [5, 5.41) is 8.15. The van der Waals surface area contributed by atoms with E-state index in [1.165, 1.54) is 11.8 Å². The number of hydrogen-bond acceptors (Lipinski definition) is 5. The van der Waals surface area contributed by atoms with Gasteiger partial charge in [-0.15, -0.1) is 0 Å². The van der Waals surface area contributed by atoms with Gasteiger partial charge in [-0.3, -0.25) is 14.5 Å². The number of H-pyrrole nitrogens is 1. The number of aromatic amines is 1. The van der Waals surface area contributed by atoms with E-state index < -0.39 is 0 Å². The number of likely N-dealkylation sites (tertiary alicyclic amines) is 1. The molecule has 29 heavy (non-hydrogen) atoms. The Kier molecular flexibility index (Phi) is 5.86. The molecule has 1 aliphatic heterocycles. The second-order valence-electron chi connectivity index (χ2n) is 7.00. The number of amides is 1. The third kappa shape index (κ3) is 3.76. The van der Waals surface area contributed by atoms with Gasteiger partial charge in [0.2, 0.25) is 0 Å². The van der Waals surface area contributed by atoms with Gasteiger partial charge in [0.05, 0.1) is 6.20 Å². The van der Waals surface area contributed by atoms with Crippen molar-refractivity contribution in [1.29, 1.82) is 0 Å². The van der Waals surface area contributed by atoms with Crippen LogP contribution in [-0.4, -0.2) is 54.5 Å². The van der Waals surface area contributed by atoms with Gasteiger partial charge in [-0.1, -0.05) is 30.0 Å². The predicted octanol–water partition coefficient (Wildman–Crippen LogP) is 3.89. The van der Waals surface area contributed by atoms with Gasteiger partial charge in [0.1, 0.15) is 11.5 Å². The molecule has 1 fully saturated rings. The van der Waals surface area contributed by atoms with E-state index in [0.29, 0.717) is 29.5 Å². The number of benzene rings is 1. The first-order valence-electron chi connectivity index (χ1n) is 9.75. The van der Waals surface area contributed by atoms with Crippen molar-refractivity contribution in [3.05, 3.63) is 52.8 Å². The molecular formula is C20H24N6OS2. The number of para-hydroxylation sites is 1. The Morgan fingerprint density at radius 1 is 1.28 bits per heavy atom. The normalized spacial score (nSPS) is 15.0. The Morgan fingerprint density at radius 2 is 2.00 bits per heavy atom. The summed E-state index contributed by atoms with van der Waals surface area (Å²) in [4.78, 5) is 19.7. The van der Waals surface area contributed by atoms with Crippen molar-refractivity contribution in [2.75, 3.05) is 19.3 Å². The lowest BCUT2D eigenvalue weighted by molar-refractivity contribution is 0.0701. The third-order valence-corrected chi connectivity index (χ3v) is 6.36. The lowest BCUT2D eigenvalue weighted by Crippen LogP contribution is -2.39. The molecule has 1 N–H and O–H groups in total. The van der Waals surface area contributed by atoms with E-state index in [1.807, 2.05) is 50.6 Å². The van der Waals surface area contributed by atoms with Gasteiger partial charge in [0.15, 0.2) is 9.93 Å². The number of imidazole rings is 1. The molecule has 0 aliphatic carbocycles. The molecular weight excluding hydrogens is 404 g/mol. The first-order chi connectivity index (χ1) is 14.1. The summed E-state index contributed by atoms with van der Waals surface area (Å²) in [6.45, 7) is 4.27. The molecule has 0 unspecified atom stereocenters. The van der Waals surface area contributed by atoms with Gasteiger partial charge in [-0.05, 0) is 50.4 Å². The minimum Gasteiger partial charge on any atom is -0.337 e. The Hall–Kier alpha value is -2.39. The average molecular weight is 429 g/mol. The van der Waals surface area contributed by atoms with Gasteiger partial charge in [0.25, 0.3) is 5.91 Å². The highest BCUT2D eigenvalue weighted by Crippen LogP contribution is 2.29. The van der Waals surface area contributed by atoms with Crippen LogP contribution in [0, 0.1) is 4.77 Å². The van der Waals surface area contributed by atoms with Crippen LogP contribution >= 0.6 is 24.0 Å². The van der Waals surface area contributed by atoms with Crippen molar-refractivity contribution < 1.29 is 4.79 Å². The molecule has 3 heterocycles. The van der Waals surface area contributed by atoms with Crippen LogP contribution in [0.4, 0.5) is 0 Å². The molecule has 1 amide bonds. The largest absolute Gasteiger partial charge is 0.337 e. The molecule has 1 saturated heterocycles. The molecule has 4 rings (SSSR count). The summed E-state index contributed by atoms with van der Waals surface area (Å²) in [5.74, 6) is 1.34. The van der Waals surface area contributed by atoms with Crippen molar-refractivity contribution in [3.63, 3.8) is 0 Å². The number of hydrogen-bond donors (Lipinski definition) is 1. The molecule has 3 aromatic rings. The summed E-state index contributed by atoms with van der Waals surface area (Å²) < 4.78 is 4.66. The number of nitrogens with one attached hydrogen (secondary N) is 1. The Balaban J connectivity index is 1.54. The van der Waals surface area contributed by atoms with Crippen LogP contribution in [0.1, 0.15) is 42.0 Å². The van der Waals surface area contributed by atoms with E-state index >= 15 is 0 Å². The monoisotopic (exact) mass is 428 g/mol. The highest BCUT2D eigenvalue weighted by Gasteiger charge is 2.29. The highest BCUT2D eigenvalue weighted by atomic mass is 32.2. The highest BCUT2D eigenvalue weighted by molar-refractivity contribution is 7.98. The molecule has 9 heteroatoms. The summed E-state index contributed by atoms with van der Waals surface area (Å²) in [5.41, 5.74) is 1.56. The molecule has 0 spiro atoms. The fraction of sp³-hybridized carbons (Fsp3) is 0.400. The zero-order chi connectivity index (χ0) is 20.4. The van der Waals surface area contributed by atoms with E-state index in [1.54, 1.807) is 6.20 Å². The zero-order valence-corrected chi connectivity index (χ0v) is 18.2. The molecule has 0 saturated carbocycles. The first kappa shape index (κ1) is 19.9. The maximum atomic E-state index is 13.3. The summed E-state index contributed by atoms with van der Waals surface area (Å²) in [6, 6.07) is 9.91. The van der Waals surface area contributed by atoms with Crippen LogP contribution in [0.25, 0.3) is 5.69 Å². The van der Waals surface area contributed by atoms with Crippen molar-refractivity contribution in [1.82, 2.24) is 29.2 Å². The number of piperidine rings is 1. The van der Waals surface area contributed by atoms with E-state index in [2.05, 4.69) is 22.1 Å². The van der Waals surface area contributed by atoms with E-state index in [9.17, 15) is 4.79 Å². The van der Waals surface area contributed by atoms with Gasteiger partial charge in [-0.2, -0.15) is 5.10 Å². The second kappa shape index (κ2) is 8.54. The molecule has 1 aromatic carbocycles. The zero-order valence-electron chi connectivity index (χ0n) is 16.5. The number of aromatic nitrogens is 5. The average Bonchev–Trinajstić information content (AvgIpc) is 3.37. The molecule has 2 aromatic heterocycles. The molecule has 0 atom stereocenters. The number of thioether (sulfide) groups is 1. The summed E-state index contributed by atoms with van der Waals surface area (Å²) in [6.07, 6.45) is 5.41. The second-order valence-corrected chi connectivity index (χ2v) is 8.16. The SMILES string of the molecule is CCn1c(C2CCN(C(=O)c3cnc(SC)n3-c3ccccc3)CC2)n[nH]c1=S. The maximum Gasteiger partial charge on any atom is 0.272 e. The topological polar surface area (TPSA) is 71.7 Å². The fourth-order valence-electron chi connectivity index (χ4n) is 3.91. The predicted molar refractivity (Wildman–Crippen MR) is 116 cm³/mol.